The number of aliphatic hydroxyl groups is 1. The quantitative estimate of drug-likeness (QED) is 0.911. The minimum Gasteiger partial charge on any atom is -0.392 e. The SMILES string of the molecule is Cc1ccc(NS(=O)(=O)c2ccc(F)c(CO)c2)cc1F. The van der Waals surface area contributed by atoms with Crippen LogP contribution in [0.15, 0.2) is 41.3 Å². The van der Waals surface area contributed by atoms with Crippen LogP contribution in [0.1, 0.15) is 11.1 Å². The van der Waals surface area contributed by atoms with Gasteiger partial charge in [-0.1, -0.05) is 6.07 Å². The van der Waals surface area contributed by atoms with Crippen LogP contribution >= 0.6 is 0 Å². The number of anilines is 1. The van der Waals surface area contributed by atoms with Gasteiger partial charge in [-0.15, -0.1) is 0 Å². The second kappa shape index (κ2) is 5.79. The Labute approximate surface area is 121 Å². The number of benzene rings is 2. The lowest BCUT2D eigenvalue weighted by Crippen LogP contribution is -2.13. The number of aryl methyl sites for hydroxylation is 1. The normalized spacial score (nSPS) is 11.4. The first kappa shape index (κ1) is 15.4. The van der Waals surface area contributed by atoms with Gasteiger partial charge in [-0.2, -0.15) is 0 Å². The number of rotatable bonds is 4. The van der Waals surface area contributed by atoms with Gasteiger partial charge in [0.25, 0.3) is 10.0 Å². The maximum absolute atomic E-state index is 13.4. The zero-order chi connectivity index (χ0) is 15.6. The highest BCUT2D eigenvalue weighted by Crippen LogP contribution is 2.20. The Morgan fingerprint density at radius 2 is 1.81 bits per heavy atom. The Kier molecular flexibility index (Phi) is 4.24. The van der Waals surface area contributed by atoms with Crippen molar-refractivity contribution in [2.75, 3.05) is 4.72 Å². The Bertz CT molecular complexity index is 776. The average molecular weight is 313 g/mol. The van der Waals surface area contributed by atoms with E-state index in [0.29, 0.717) is 5.56 Å². The predicted octanol–water partition coefficient (Wildman–Crippen LogP) is 2.57. The Morgan fingerprint density at radius 1 is 1.10 bits per heavy atom. The summed E-state index contributed by atoms with van der Waals surface area (Å²) in [5.41, 5.74) is 0.322. The number of sulfonamides is 1. The van der Waals surface area contributed by atoms with E-state index in [2.05, 4.69) is 4.72 Å². The zero-order valence-electron chi connectivity index (χ0n) is 11.1. The molecule has 0 unspecified atom stereocenters. The van der Waals surface area contributed by atoms with E-state index >= 15 is 0 Å². The Morgan fingerprint density at radius 3 is 2.43 bits per heavy atom. The van der Waals surface area contributed by atoms with Crippen LogP contribution < -0.4 is 4.72 Å². The molecule has 2 N–H and O–H groups in total. The summed E-state index contributed by atoms with van der Waals surface area (Å²) < 4.78 is 53.1. The molecule has 0 bridgehead atoms. The summed E-state index contributed by atoms with van der Waals surface area (Å²) in [6.45, 7) is 0.940. The van der Waals surface area contributed by atoms with Crippen molar-refractivity contribution in [1.82, 2.24) is 0 Å². The first-order chi connectivity index (χ1) is 9.83. The molecular weight excluding hydrogens is 300 g/mol. The Balaban J connectivity index is 2.35. The van der Waals surface area contributed by atoms with E-state index in [1.165, 1.54) is 12.1 Å². The van der Waals surface area contributed by atoms with Crippen LogP contribution in [-0.4, -0.2) is 13.5 Å². The molecule has 2 aromatic rings. The molecule has 4 nitrogen and oxygen atoms in total. The second-order valence-corrected chi connectivity index (χ2v) is 6.16. The van der Waals surface area contributed by atoms with Crippen molar-refractivity contribution in [2.45, 2.75) is 18.4 Å². The molecule has 0 saturated heterocycles. The molecule has 0 aliphatic heterocycles. The molecule has 21 heavy (non-hydrogen) atoms. The van der Waals surface area contributed by atoms with E-state index in [0.717, 1.165) is 24.3 Å². The third-order valence-corrected chi connectivity index (χ3v) is 4.30. The summed E-state index contributed by atoms with van der Waals surface area (Å²) in [5, 5.41) is 8.96. The van der Waals surface area contributed by atoms with Crippen LogP contribution in [0.4, 0.5) is 14.5 Å². The maximum atomic E-state index is 13.4. The van der Waals surface area contributed by atoms with Gasteiger partial charge in [0.1, 0.15) is 11.6 Å². The minimum atomic E-state index is -3.99. The van der Waals surface area contributed by atoms with Gasteiger partial charge in [-0.25, -0.2) is 17.2 Å². The fraction of sp³-hybridized carbons (Fsp3) is 0.143. The van der Waals surface area contributed by atoms with Crippen molar-refractivity contribution < 1.29 is 22.3 Å². The van der Waals surface area contributed by atoms with Crippen molar-refractivity contribution in [3.8, 4) is 0 Å². The van der Waals surface area contributed by atoms with Gasteiger partial charge < -0.3 is 5.11 Å². The number of halogens is 2. The highest BCUT2D eigenvalue weighted by Gasteiger charge is 2.16. The standard InChI is InChI=1S/C14H13F2NO3S/c1-9-2-3-11(7-14(9)16)17-21(19,20)12-4-5-13(15)10(6-12)8-18/h2-7,17-18H,8H2,1H3. The zero-order valence-corrected chi connectivity index (χ0v) is 11.9. The number of hydrogen-bond acceptors (Lipinski definition) is 3. The summed E-state index contributed by atoms with van der Waals surface area (Å²) in [6.07, 6.45) is 0. The van der Waals surface area contributed by atoms with Gasteiger partial charge in [-0.3, -0.25) is 4.72 Å². The summed E-state index contributed by atoms with van der Waals surface area (Å²) in [6, 6.07) is 6.98. The molecule has 0 aromatic heterocycles. The van der Waals surface area contributed by atoms with Gasteiger partial charge >= 0.3 is 0 Å². The highest BCUT2D eigenvalue weighted by atomic mass is 32.2. The Hall–Kier alpha value is -1.99. The van der Waals surface area contributed by atoms with Crippen LogP contribution in [0.2, 0.25) is 0 Å². The molecule has 2 aromatic carbocycles. The van der Waals surface area contributed by atoms with Crippen molar-refractivity contribution >= 4 is 15.7 Å². The molecule has 0 heterocycles. The number of aliphatic hydroxyl groups excluding tert-OH is 1. The summed E-state index contributed by atoms with van der Waals surface area (Å²) >= 11 is 0. The van der Waals surface area contributed by atoms with E-state index in [1.54, 1.807) is 6.92 Å². The topological polar surface area (TPSA) is 66.4 Å². The van der Waals surface area contributed by atoms with Gasteiger partial charge in [0.15, 0.2) is 0 Å². The van der Waals surface area contributed by atoms with E-state index in [1.807, 2.05) is 0 Å². The highest BCUT2D eigenvalue weighted by molar-refractivity contribution is 7.92. The van der Waals surface area contributed by atoms with Gasteiger partial charge in [-0.05, 0) is 42.8 Å². The fourth-order valence-electron chi connectivity index (χ4n) is 1.71. The molecule has 0 aliphatic carbocycles. The van der Waals surface area contributed by atoms with E-state index in [-0.39, 0.29) is 16.1 Å². The van der Waals surface area contributed by atoms with Crippen LogP contribution in [-0.2, 0) is 16.6 Å². The molecule has 2 rings (SSSR count). The summed E-state index contributed by atoms with van der Waals surface area (Å²) in [4.78, 5) is -0.214. The van der Waals surface area contributed by atoms with Crippen molar-refractivity contribution in [3.63, 3.8) is 0 Å². The third-order valence-electron chi connectivity index (χ3n) is 2.92. The van der Waals surface area contributed by atoms with Crippen LogP contribution in [0.3, 0.4) is 0 Å². The van der Waals surface area contributed by atoms with Crippen molar-refractivity contribution in [2.24, 2.45) is 0 Å². The van der Waals surface area contributed by atoms with E-state index < -0.39 is 28.3 Å². The second-order valence-electron chi connectivity index (χ2n) is 4.48. The minimum absolute atomic E-state index is 0.0629. The fourth-order valence-corrected chi connectivity index (χ4v) is 2.81. The van der Waals surface area contributed by atoms with E-state index in [9.17, 15) is 17.2 Å². The molecule has 112 valence electrons. The van der Waals surface area contributed by atoms with Crippen molar-refractivity contribution in [1.29, 1.82) is 0 Å². The molecule has 0 amide bonds. The van der Waals surface area contributed by atoms with Crippen LogP contribution in [0.25, 0.3) is 0 Å². The molecule has 0 saturated carbocycles. The smallest absolute Gasteiger partial charge is 0.261 e. The molecule has 0 spiro atoms. The van der Waals surface area contributed by atoms with Gasteiger partial charge in [0.05, 0.1) is 17.2 Å². The molecule has 0 radical (unpaired) electrons. The van der Waals surface area contributed by atoms with Gasteiger partial charge in [0.2, 0.25) is 0 Å². The first-order valence-electron chi connectivity index (χ1n) is 6.02. The maximum Gasteiger partial charge on any atom is 0.261 e. The van der Waals surface area contributed by atoms with Crippen LogP contribution in [0, 0.1) is 18.6 Å². The predicted molar refractivity (Wildman–Crippen MR) is 74.3 cm³/mol. The largest absolute Gasteiger partial charge is 0.392 e. The number of nitrogens with one attached hydrogen (secondary N) is 1. The molecule has 0 atom stereocenters. The molecule has 0 aliphatic rings. The molecular formula is C14H13F2NO3S. The average Bonchev–Trinajstić information content (AvgIpc) is 2.43. The third kappa shape index (κ3) is 3.37. The lowest BCUT2D eigenvalue weighted by Gasteiger charge is -2.10. The summed E-state index contributed by atoms with van der Waals surface area (Å²) in [5.74, 6) is -1.23. The lowest BCUT2D eigenvalue weighted by atomic mass is 10.2. The molecule has 0 fully saturated rings. The monoisotopic (exact) mass is 313 g/mol. The van der Waals surface area contributed by atoms with Crippen molar-refractivity contribution in [3.05, 3.63) is 59.2 Å². The van der Waals surface area contributed by atoms with E-state index in [4.69, 9.17) is 5.11 Å². The molecule has 7 heteroatoms. The number of hydrogen-bond donors (Lipinski definition) is 2. The lowest BCUT2D eigenvalue weighted by molar-refractivity contribution is 0.275. The van der Waals surface area contributed by atoms with Crippen LogP contribution in [0.5, 0.6) is 0 Å². The summed E-state index contributed by atoms with van der Waals surface area (Å²) in [7, 11) is -3.99. The van der Waals surface area contributed by atoms with Gasteiger partial charge in [0, 0.05) is 5.56 Å². The first-order valence-corrected chi connectivity index (χ1v) is 7.50.